The normalized spacial score (nSPS) is 15.0. The summed E-state index contributed by atoms with van der Waals surface area (Å²) >= 11 is 1.30. The van der Waals surface area contributed by atoms with Crippen molar-refractivity contribution < 1.29 is 23.9 Å². The van der Waals surface area contributed by atoms with E-state index >= 15 is 0 Å². The maximum absolute atomic E-state index is 12.1. The molecule has 2 heterocycles. The van der Waals surface area contributed by atoms with Gasteiger partial charge < -0.3 is 14.3 Å². The molecule has 3 rings (SSSR count). The standard InChI is InChI=1S/C18H15NO5S/c1-3-22-15-10-12(9-13-11(2)19-24-17(13)20)6-7-14(15)23-18(21)16-5-4-8-25-16/h4-10H,3H2,1-2H3/b13-9+. The molecule has 0 saturated carbocycles. The predicted molar refractivity (Wildman–Crippen MR) is 94.1 cm³/mol. The van der Waals surface area contributed by atoms with Crippen molar-refractivity contribution in [1.29, 1.82) is 0 Å². The molecule has 0 N–H and O–H groups in total. The number of esters is 1. The van der Waals surface area contributed by atoms with E-state index in [9.17, 15) is 9.59 Å². The fourth-order valence-electron chi connectivity index (χ4n) is 2.20. The second-order valence-electron chi connectivity index (χ2n) is 5.12. The number of ether oxygens (including phenoxy) is 2. The van der Waals surface area contributed by atoms with Gasteiger partial charge in [0.2, 0.25) is 0 Å². The molecule has 7 heteroatoms. The molecular formula is C18H15NO5S. The predicted octanol–water partition coefficient (Wildman–Crippen LogP) is 3.68. The fraction of sp³-hybridized carbons (Fsp3) is 0.167. The molecule has 1 aliphatic rings. The van der Waals surface area contributed by atoms with Crippen LogP contribution in [0, 0.1) is 0 Å². The van der Waals surface area contributed by atoms with Crippen molar-refractivity contribution >= 4 is 35.1 Å². The molecular weight excluding hydrogens is 342 g/mol. The van der Waals surface area contributed by atoms with Gasteiger partial charge in [-0.1, -0.05) is 17.3 Å². The Bertz CT molecular complexity index is 868. The van der Waals surface area contributed by atoms with Gasteiger partial charge in [-0.3, -0.25) is 0 Å². The van der Waals surface area contributed by atoms with Crippen molar-refractivity contribution in [2.75, 3.05) is 6.61 Å². The Morgan fingerprint density at radius 3 is 2.80 bits per heavy atom. The van der Waals surface area contributed by atoms with Gasteiger partial charge >= 0.3 is 11.9 Å². The van der Waals surface area contributed by atoms with E-state index in [4.69, 9.17) is 9.47 Å². The minimum Gasteiger partial charge on any atom is -0.490 e. The van der Waals surface area contributed by atoms with Gasteiger partial charge in [0.1, 0.15) is 4.88 Å². The minimum absolute atomic E-state index is 0.321. The molecule has 1 aromatic heterocycles. The van der Waals surface area contributed by atoms with E-state index in [2.05, 4.69) is 9.99 Å². The van der Waals surface area contributed by atoms with Crippen LogP contribution >= 0.6 is 11.3 Å². The second-order valence-corrected chi connectivity index (χ2v) is 6.07. The lowest BCUT2D eigenvalue weighted by atomic mass is 10.1. The van der Waals surface area contributed by atoms with Gasteiger partial charge in [0.25, 0.3) is 0 Å². The third-order valence-electron chi connectivity index (χ3n) is 3.38. The Kier molecular flexibility index (Phi) is 4.95. The van der Waals surface area contributed by atoms with E-state index < -0.39 is 11.9 Å². The summed E-state index contributed by atoms with van der Waals surface area (Å²) in [5, 5.41) is 5.44. The van der Waals surface area contributed by atoms with Crippen LogP contribution in [0.5, 0.6) is 11.5 Å². The van der Waals surface area contributed by atoms with E-state index in [0.717, 1.165) is 0 Å². The number of oxime groups is 1. The van der Waals surface area contributed by atoms with E-state index in [-0.39, 0.29) is 0 Å². The summed E-state index contributed by atoms with van der Waals surface area (Å²) in [6.45, 7) is 3.94. The van der Waals surface area contributed by atoms with Crippen LogP contribution in [-0.4, -0.2) is 24.3 Å². The Morgan fingerprint density at radius 2 is 2.16 bits per heavy atom. The summed E-state index contributed by atoms with van der Waals surface area (Å²) in [6.07, 6.45) is 1.65. The zero-order valence-electron chi connectivity index (χ0n) is 13.6. The average Bonchev–Trinajstić information content (AvgIpc) is 3.23. The molecule has 0 atom stereocenters. The highest BCUT2D eigenvalue weighted by Gasteiger charge is 2.22. The number of benzene rings is 1. The van der Waals surface area contributed by atoms with Crippen LogP contribution in [0.2, 0.25) is 0 Å². The molecule has 0 amide bonds. The maximum Gasteiger partial charge on any atom is 0.367 e. The van der Waals surface area contributed by atoms with Crippen molar-refractivity contribution in [2.24, 2.45) is 5.16 Å². The van der Waals surface area contributed by atoms with Crippen LogP contribution in [-0.2, 0) is 9.63 Å². The first kappa shape index (κ1) is 16.9. The van der Waals surface area contributed by atoms with E-state index in [0.29, 0.717) is 39.8 Å². The van der Waals surface area contributed by atoms with E-state index in [1.165, 1.54) is 11.3 Å². The molecule has 128 valence electrons. The summed E-state index contributed by atoms with van der Waals surface area (Å²) in [4.78, 5) is 28.9. The van der Waals surface area contributed by atoms with Gasteiger partial charge in [-0.15, -0.1) is 11.3 Å². The molecule has 6 nitrogen and oxygen atoms in total. The molecule has 2 aromatic rings. The highest BCUT2D eigenvalue weighted by Crippen LogP contribution is 2.31. The molecule has 0 unspecified atom stereocenters. The number of hydrogen-bond donors (Lipinski definition) is 0. The maximum atomic E-state index is 12.1. The summed E-state index contributed by atoms with van der Waals surface area (Å²) < 4.78 is 11.0. The zero-order chi connectivity index (χ0) is 17.8. The van der Waals surface area contributed by atoms with Gasteiger partial charge in [0, 0.05) is 0 Å². The molecule has 0 spiro atoms. The highest BCUT2D eigenvalue weighted by atomic mass is 32.1. The number of thiophene rings is 1. The molecule has 0 saturated heterocycles. The third-order valence-corrected chi connectivity index (χ3v) is 4.23. The van der Waals surface area contributed by atoms with Gasteiger partial charge in [-0.2, -0.15) is 0 Å². The van der Waals surface area contributed by atoms with Gasteiger partial charge in [-0.05, 0) is 49.1 Å². The molecule has 1 aliphatic heterocycles. The number of carbonyl (C=O) groups is 2. The summed E-state index contributed by atoms with van der Waals surface area (Å²) in [7, 11) is 0. The SMILES string of the molecule is CCOc1cc(/C=C2/C(=O)ON=C2C)ccc1OC(=O)c1cccs1. The number of nitrogens with zero attached hydrogens (tertiary/aromatic N) is 1. The number of hydrogen-bond acceptors (Lipinski definition) is 7. The van der Waals surface area contributed by atoms with E-state index in [1.807, 2.05) is 6.92 Å². The molecule has 0 bridgehead atoms. The van der Waals surface area contributed by atoms with Gasteiger partial charge in [-0.25, -0.2) is 9.59 Å². The smallest absolute Gasteiger partial charge is 0.367 e. The topological polar surface area (TPSA) is 74.2 Å². The number of carbonyl (C=O) groups excluding carboxylic acids is 2. The third kappa shape index (κ3) is 3.77. The first-order valence-corrected chi connectivity index (χ1v) is 8.47. The minimum atomic E-state index is -0.497. The van der Waals surface area contributed by atoms with Crippen molar-refractivity contribution in [2.45, 2.75) is 13.8 Å². The molecule has 0 fully saturated rings. The van der Waals surface area contributed by atoms with Crippen LogP contribution in [0.25, 0.3) is 6.08 Å². The largest absolute Gasteiger partial charge is 0.490 e. The van der Waals surface area contributed by atoms with Crippen molar-refractivity contribution in [3.8, 4) is 11.5 Å². The Hall–Kier alpha value is -2.93. The monoisotopic (exact) mass is 357 g/mol. The van der Waals surface area contributed by atoms with Crippen LogP contribution in [0.15, 0.2) is 46.4 Å². The lowest BCUT2D eigenvalue weighted by Gasteiger charge is -2.11. The van der Waals surface area contributed by atoms with Crippen LogP contribution in [0.3, 0.4) is 0 Å². The number of rotatable bonds is 5. The average molecular weight is 357 g/mol. The van der Waals surface area contributed by atoms with Crippen molar-refractivity contribution in [3.05, 3.63) is 51.7 Å². The molecule has 0 radical (unpaired) electrons. The Balaban J connectivity index is 1.88. The van der Waals surface area contributed by atoms with Crippen LogP contribution in [0.4, 0.5) is 0 Å². The fourth-order valence-corrected chi connectivity index (χ4v) is 2.80. The summed E-state index contributed by atoms with van der Waals surface area (Å²) in [5.41, 5.74) is 1.60. The Morgan fingerprint density at radius 1 is 1.32 bits per heavy atom. The Labute approximate surface area is 148 Å². The zero-order valence-corrected chi connectivity index (χ0v) is 14.5. The van der Waals surface area contributed by atoms with Gasteiger partial charge in [0.15, 0.2) is 11.5 Å². The molecule has 1 aromatic carbocycles. The lowest BCUT2D eigenvalue weighted by Crippen LogP contribution is -2.08. The van der Waals surface area contributed by atoms with E-state index in [1.54, 1.807) is 48.7 Å². The highest BCUT2D eigenvalue weighted by molar-refractivity contribution is 7.12. The van der Waals surface area contributed by atoms with Crippen LogP contribution < -0.4 is 9.47 Å². The molecule has 25 heavy (non-hydrogen) atoms. The van der Waals surface area contributed by atoms with Crippen LogP contribution in [0.1, 0.15) is 29.1 Å². The van der Waals surface area contributed by atoms with Crippen molar-refractivity contribution in [1.82, 2.24) is 0 Å². The first-order valence-electron chi connectivity index (χ1n) is 7.59. The first-order chi connectivity index (χ1) is 12.1. The second kappa shape index (κ2) is 7.31. The lowest BCUT2D eigenvalue weighted by molar-refractivity contribution is -0.136. The summed E-state index contributed by atoms with van der Waals surface area (Å²) in [6, 6.07) is 8.54. The molecule has 0 aliphatic carbocycles. The van der Waals surface area contributed by atoms with Gasteiger partial charge in [0.05, 0.1) is 17.9 Å². The summed E-state index contributed by atoms with van der Waals surface area (Å²) in [5.74, 6) is -0.197. The van der Waals surface area contributed by atoms with Crippen molar-refractivity contribution in [3.63, 3.8) is 0 Å². The quantitative estimate of drug-likeness (QED) is 0.353.